The number of nitrogens with one attached hydrogen (secondary N) is 1. The van der Waals surface area contributed by atoms with Crippen LogP contribution in [0.1, 0.15) is 10.4 Å². The molecule has 0 atom stereocenters. The molecule has 4 aromatic rings. The van der Waals surface area contributed by atoms with Gasteiger partial charge in [-0.2, -0.15) is 5.10 Å². The maximum Gasteiger partial charge on any atom is 0.264 e. The highest BCUT2D eigenvalue weighted by molar-refractivity contribution is 7.92. The second-order valence-corrected chi connectivity index (χ2v) is 8.58. The maximum atomic E-state index is 13.0. The molecule has 0 fully saturated rings. The highest BCUT2D eigenvalue weighted by Crippen LogP contribution is 2.23. The maximum absolute atomic E-state index is 13.0. The number of anilines is 2. The lowest BCUT2D eigenvalue weighted by Crippen LogP contribution is -2.26. The normalized spacial score (nSPS) is 11.1. The van der Waals surface area contributed by atoms with E-state index in [2.05, 4.69) is 15.4 Å². The van der Waals surface area contributed by atoms with Crippen LogP contribution in [0.2, 0.25) is 0 Å². The molecule has 1 N–H and O–H groups in total. The van der Waals surface area contributed by atoms with Gasteiger partial charge in [-0.25, -0.2) is 18.1 Å². The van der Waals surface area contributed by atoms with Gasteiger partial charge in [-0.15, -0.1) is 0 Å². The molecular weight excluding hydrogens is 414 g/mol. The van der Waals surface area contributed by atoms with Crippen LogP contribution in [0.5, 0.6) is 0 Å². The zero-order chi connectivity index (χ0) is 21.8. The lowest BCUT2D eigenvalue weighted by molar-refractivity contribution is 0.102. The Morgan fingerprint density at radius 3 is 2.52 bits per heavy atom. The molecule has 0 aliphatic carbocycles. The van der Waals surface area contributed by atoms with Crippen molar-refractivity contribution in [1.82, 2.24) is 14.8 Å². The number of carbonyl (C=O) groups excluding carboxylic acids is 1. The Bertz CT molecular complexity index is 1310. The minimum absolute atomic E-state index is 0.0185. The molecular formula is C22H19N5O3S. The topological polar surface area (TPSA) is 97.2 Å². The Kier molecular flexibility index (Phi) is 5.50. The monoisotopic (exact) mass is 433 g/mol. The number of nitrogens with zero attached hydrogens (tertiary/aromatic N) is 4. The Balaban J connectivity index is 1.62. The van der Waals surface area contributed by atoms with Crippen LogP contribution in [0.25, 0.3) is 5.82 Å². The molecule has 2 heterocycles. The van der Waals surface area contributed by atoms with Crippen molar-refractivity contribution in [2.75, 3.05) is 16.7 Å². The van der Waals surface area contributed by atoms with Crippen molar-refractivity contribution in [3.8, 4) is 5.82 Å². The molecule has 0 unspecified atom stereocenters. The van der Waals surface area contributed by atoms with Gasteiger partial charge in [0.15, 0.2) is 5.82 Å². The van der Waals surface area contributed by atoms with Gasteiger partial charge in [-0.3, -0.25) is 9.10 Å². The summed E-state index contributed by atoms with van der Waals surface area (Å²) in [6.45, 7) is 0. The molecule has 2 aromatic carbocycles. The number of benzene rings is 2. The summed E-state index contributed by atoms with van der Waals surface area (Å²) >= 11 is 0. The number of sulfonamides is 1. The lowest BCUT2D eigenvalue weighted by atomic mass is 10.2. The van der Waals surface area contributed by atoms with Crippen LogP contribution < -0.4 is 9.62 Å². The first-order valence-corrected chi connectivity index (χ1v) is 10.8. The molecule has 0 spiro atoms. The minimum atomic E-state index is -3.84. The predicted molar refractivity (Wildman–Crippen MR) is 118 cm³/mol. The van der Waals surface area contributed by atoms with Gasteiger partial charge < -0.3 is 5.32 Å². The summed E-state index contributed by atoms with van der Waals surface area (Å²) in [6, 6.07) is 19.8. The van der Waals surface area contributed by atoms with E-state index in [0.717, 1.165) is 0 Å². The van der Waals surface area contributed by atoms with Crippen LogP contribution in [0.3, 0.4) is 0 Å². The summed E-state index contributed by atoms with van der Waals surface area (Å²) in [4.78, 5) is 17.2. The fourth-order valence-corrected chi connectivity index (χ4v) is 4.24. The minimum Gasteiger partial charge on any atom is -0.319 e. The van der Waals surface area contributed by atoms with Gasteiger partial charge in [0.1, 0.15) is 0 Å². The number of amides is 1. The van der Waals surface area contributed by atoms with Crippen LogP contribution in [0, 0.1) is 0 Å². The van der Waals surface area contributed by atoms with Crippen molar-refractivity contribution in [3.63, 3.8) is 0 Å². The second-order valence-electron chi connectivity index (χ2n) is 6.62. The molecule has 1 amide bonds. The third kappa shape index (κ3) is 4.17. The van der Waals surface area contributed by atoms with Crippen LogP contribution in [0.15, 0.2) is 96.3 Å². The Labute approximate surface area is 179 Å². The summed E-state index contributed by atoms with van der Waals surface area (Å²) in [7, 11) is -2.36. The molecule has 4 rings (SSSR count). The lowest BCUT2D eigenvalue weighted by Gasteiger charge is -2.19. The summed E-state index contributed by atoms with van der Waals surface area (Å²) in [5.74, 6) is -0.00532. The van der Waals surface area contributed by atoms with E-state index in [1.165, 1.54) is 34.2 Å². The number of hydrogen-bond acceptors (Lipinski definition) is 5. The van der Waals surface area contributed by atoms with Crippen molar-refractivity contribution in [3.05, 3.63) is 97.0 Å². The van der Waals surface area contributed by atoms with Crippen molar-refractivity contribution in [2.24, 2.45) is 0 Å². The van der Waals surface area contributed by atoms with E-state index in [-0.39, 0.29) is 10.5 Å². The quantitative estimate of drug-likeness (QED) is 0.503. The summed E-state index contributed by atoms with van der Waals surface area (Å²) < 4.78 is 28.8. The summed E-state index contributed by atoms with van der Waals surface area (Å²) in [5, 5.41) is 6.92. The average Bonchev–Trinajstić information content (AvgIpc) is 3.34. The summed E-state index contributed by atoms with van der Waals surface area (Å²) in [6.07, 6.45) is 4.92. The molecule has 0 saturated carbocycles. The zero-order valence-electron chi connectivity index (χ0n) is 16.6. The Morgan fingerprint density at radius 1 is 0.968 bits per heavy atom. The molecule has 2 aromatic heterocycles. The Hall–Kier alpha value is -3.98. The smallest absolute Gasteiger partial charge is 0.264 e. The van der Waals surface area contributed by atoms with Gasteiger partial charge >= 0.3 is 0 Å². The van der Waals surface area contributed by atoms with Crippen molar-refractivity contribution in [2.45, 2.75) is 4.90 Å². The van der Waals surface area contributed by atoms with E-state index in [9.17, 15) is 13.2 Å². The average molecular weight is 433 g/mol. The van der Waals surface area contributed by atoms with E-state index >= 15 is 0 Å². The third-order valence-electron chi connectivity index (χ3n) is 4.63. The molecule has 0 aliphatic rings. The molecule has 0 aliphatic heterocycles. The molecule has 0 saturated heterocycles. The fraction of sp³-hybridized carbons (Fsp3) is 0.0455. The molecule has 8 nitrogen and oxygen atoms in total. The van der Waals surface area contributed by atoms with Gasteiger partial charge in [0.05, 0.1) is 16.3 Å². The van der Waals surface area contributed by atoms with E-state index in [0.29, 0.717) is 17.2 Å². The number of aromatic nitrogens is 3. The first-order chi connectivity index (χ1) is 15.0. The van der Waals surface area contributed by atoms with Crippen molar-refractivity contribution >= 4 is 27.3 Å². The predicted octanol–water partition coefficient (Wildman–Crippen LogP) is 3.34. The van der Waals surface area contributed by atoms with E-state index in [1.54, 1.807) is 67.1 Å². The fourth-order valence-electron chi connectivity index (χ4n) is 3.00. The van der Waals surface area contributed by atoms with Gasteiger partial charge in [0.2, 0.25) is 0 Å². The third-order valence-corrected chi connectivity index (χ3v) is 6.41. The van der Waals surface area contributed by atoms with Crippen LogP contribution in [0.4, 0.5) is 11.4 Å². The Morgan fingerprint density at radius 2 is 1.77 bits per heavy atom. The number of carbonyl (C=O) groups is 1. The van der Waals surface area contributed by atoms with E-state index < -0.39 is 15.9 Å². The highest BCUT2D eigenvalue weighted by atomic mass is 32.2. The second kappa shape index (κ2) is 8.41. The molecule has 156 valence electrons. The largest absolute Gasteiger partial charge is 0.319 e. The van der Waals surface area contributed by atoms with Crippen LogP contribution >= 0.6 is 0 Å². The molecule has 0 radical (unpaired) electrons. The van der Waals surface area contributed by atoms with Gasteiger partial charge in [0, 0.05) is 31.2 Å². The zero-order valence-corrected chi connectivity index (χ0v) is 17.4. The van der Waals surface area contributed by atoms with Crippen molar-refractivity contribution < 1.29 is 13.2 Å². The van der Waals surface area contributed by atoms with Crippen LogP contribution in [-0.4, -0.2) is 36.1 Å². The highest BCUT2D eigenvalue weighted by Gasteiger charge is 2.22. The number of para-hydroxylation sites is 1. The van der Waals surface area contributed by atoms with Gasteiger partial charge in [-0.05, 0) is 48.5 Å². The van der Waals surface area contributed by atoms with Gasteiger partial charge in [0.25, 0.3) is 15.9 Å². The molecule has 0 bridgehead atoms. The van der Waals surface area contributed by atoms with E-state index in [1.807, 2.05) is 6.07 Å². The summed E-state index contributed by atoms with van der Waals surface area (Å²) in [5.41, 5.74) is 1.18. The molecule has 31 heavy (non-hydrogen) atoms. The number of hydrogen-bond donors (Lipinski definition) is 1. The first-order valence-electron chi connectivity index (χ1n) is 9.37. The first kappa shape index (κ1) is 20.3. The SMILES string of the molecule is CN(c1ccccc1)S(=O)(=O)c1cccc(C(=O)Nc2cccnc2-n2cccn2)c1. The molecule has 9 heteroatoms. The van der Waals surface area contributed by atoms with Gasteiger partial charge in [-0.1, -0.05) is 24.3 Å². The standard InChI is InChI=1S/C22H19N5O3S/c1-26(18-9-3-2-4-10-18)31(29,30)19-11-5-8-17(16-19)22(28)25-20-12-6-13-23-21(20)27-15-7-14-24-27/h2-16H,1H3,(H,25,28). The van der Waals surface area contributed by atoms with Crippen LogP contribution in [-0.2, 0) is 10.0 Å². The van der Waals surface area contributed by atoms with E-state index in [4.69, 9.17) is 0 Å². The van der Waals surface area contributed by atoms with Crippen molar-refractivity contribution in [1.29, 1.82) is 0 Å². The number of rotatable bonds is 6. The number of pyridine rings is 1.